The number of rotatable bonds is 2. The summed E-state index contributed by atoms with van der Waals surface area (Å²) in [4.78, 5) is 12.3. The van der Waals surface area contributed by atoms with E-state index in [2.05, 4.69) is 0 Å². The number of carbonyl (C=O) groups is 1. The highest BCUT2D eigenvalue weighted by Gasteiger charge is 2.39. The zero-order chi connectivity index (χ0) is 9.30. The van der Waals surface area contributed by atoms with Crippen molar-refractivity contribution in [3.05, 3.63) is 0 Å². The predicted molar refractivity (Wildman–Crippen MR) is 39.8 cm³/mol. The quantitative estimate of drug-likeness (QED) is 0.656. The van der Waals surface area contributed by atoms with Crippen LogP contribution in [0.15, 0.2) is 0 Å². The van der Waals surface area contributed by atoms with Gasteiger partial charge < -0.3 is 10.6 Å². The summed E-state index contributed by atoms with van der Waals surface area (Å²) < 4.78 is 24.2. The smallest absolute Gasteiger partial charge is 0.258 e. The van der Waals surface area contributed by atoms with E-state index in [0.717, 1.165) is 4.90 Å². The van der Waals surface area contributed by atoms with Gasteiger partial charge in [-0.05, 0) is 13.3 Å². The lowest BCUT2D eigenvalue weighted by molar-refractivity contribution is -0.146. The Bertz CT molecular complexity index is 184. The maximum Gasteiger partial charge on any atom is 0.258 e. The number of hydrogen-bond donors (Lipinski definition) is 1. The molecule has 1 aliphatic heterocycles. The van der Waals surface area contributed by atoms with Crippen molar-refractivity contribution in [3.8, 4) is 0 Å². The van der Waals surface area contributed by atoms with Crippen LogP contribution in [0.4, 0.5) is 8.78 Å². The van der Waals surface area contributed by atoms with E-state index in [1.54, 1.807) is 0 Å². The average Bonchev–Trinajstić information content (AvgIpc) is 1.82. The summed E-state index contributed by atoms with van der Waals surface area (Å²) in [6.45, 7) is 1.92. The fourth-order valence-corrected chi connectivity index (χ4v) is 1.20. The minimum atomic E-state index is -2.44. The van der Waals surface area contributed by atoms with Crippen LogP contribution in [0, 0.1) is 0 Å². The summed E-state index contributed by atoms with van der Waals surface area (Å²) in [6.07, 6.45) is -2.06. The third-order valence-corrected chi connectivity index (χ3v) is 2.03. The lowest BCUT2D eigenvalue weighted by atomic mass is 10.0. The van der Waals surface area contributed by atoms with Gasteiger partial charge >= 0.3 is 0 Å². The van der Waals surface area contributed by atoms with Gasteiger partial charge in [-0.15, -0.1) is 0 Å². The Kier molecular flexibility index (Phi) is 2.62. The van der Waals surface area contributed by atoms with Gasteiger partial charge in [-0.3, -0.25) is 4.79 Å². The van der Waals surface area contributed by atoms with Crippen LogP contribution >= 0.6 is 0 Å². The van der Waals surface area contributed by atoms with E-state index >= 15 is 0 Å². The molecule has 0 aromatic rings. The normalized spacial score (nSPS) is 25.4. The van der Waals surface area contributed by atoms with Crippen LogP contribution in [0.3, 0.4) is 0 Å². The maximum absolute atomic E-state index is 12.1. The van der Waals surface area contributed by atoms with Gasteiger partial charge in [-0.1, -0.05) is 0 Å². The molecule has 0 radical (unpaired) electrons. The van der Waals surface area contributed by atoms with Gasteiger partial charge in [0.05, 0.1) is 12.1 Å². The van der Waals surface area contributed by atoms with Crippen LogP contribution in [-0.4, -0.2) is 35.9 Å². The number of hydrogen-bond acceptors (Lipinski definition) is 2. The fourth-order valence-electron chi connectivity index (χ4n) is 1.20. The fraction of sp³-hybridized carbons (Fsp3) is 0.857. The molecule has 2 atom stereocenters. The molecule has 0 aromatic heterocycles. The molecule has 2 N–H and O–H groups in total. The van der Waals surface area contributed by atoms with E-state index < -0.39 is 18.5 Å². The van der Waals surface area contributed by atoms with Crippen LogP contribution in [-0.2, 0) is 4.79 Å². The average molecular weight is 178 g/mol. The highest BCUT2D eigenvalue weighted by molar-refractivity contribution is 5.82. The Morgan fingerprint density at radius 2 is 2.25 bits per heavy atom. The van der Waals surface area contributed by atoms with Gasteiger partial charge in [0, 0.05) is 6.54 Å². The van der Waals surface area contributed by atoms with E-state index in [4.69, 9.17) is 5.73 Å². The highest BCUT2D eigenvalue weighted by Crippen LogP contribution is 2.23. The Morgan fingerprint density at radius 1 is 1.67 bits per heavy atom. The van der Waals surface area contributed by atoms with E-state index in [1.165, 1.54) is 6.92 Å². The molecule has 1 rings (SSSR count). The molecule has 1 aliphatic rings. The monoisotopic (exact) mass is 178 g/mol. The van der Waals surface area contributed by atoms with Crippen molar-refractivity contribution in [2.75, 3.05) is 6.54 Å². The van der Waals surface area contributed by atoms with Gasteiger partial charge in [0.1, 0.15) is 0 Å². The number of carbonyl (C=O) groups excluding carboxylic acids is 1. The number of nitrogens with zero attached hydrogens (tertiary/aromatic N) is 1. The molecule has 0 unspecified atom stereocenters. The molecule has 1 saturated heterocycles. The largest absolute Gasteiger partial charge is 0.332 e. The van der Waals surface area contributed by atoms with Crippen molar-refractivity contribution in [1.29, 1.82) is 0 Å². The summed E-state index contributed by atoms with van der Waals surface area (Å²) in [5, 5.41) is 0. The van der Waals surface area contributed by atoms with Crippen LogP contribution in [0.5, 0.6) is 0 Å². The summed E-state index contributed by atoms with van der Waals surface area (Å²) in [5.41, 5.74) is 5.27. The lowest BCUT2D eigenvalue weighted by Gasteiger charge is -2.41. The van der Waals surface area contributed by atoms with E-state index in [-0.39, 0.29) is 5.91 Å². The van der Waals surface area contributed by atoms with Crippen LogP contribution in [0.25, 0.3) is 0 Å². The zero-order valence-corrected chi connectivity index (χ0v) is 6.84. The summed E-state index contributed by atoms with van der Waals surface area (Å²) in [5.74, 6) is -0.383. The Balaban J connectivity index is 2.49. The molecule has 12 heavy (non-hydrogen) atoms. The number of likely N-dealkylation sites (tertiary alicyclic amines) is 1. The van der Waals surface area contributed by atoms with Crippen molar-refractivity contribution < 1.29 is 13.6 Å². The summed E-state index contributed by atoms with van der Waals surface area (Å²) >= 11 is 0. The molecule has 0 bridgehead atoms. The van der Waals surface area contributed by atoms with E-state index in [0.29, 0.717) is 13.0 Å². The molecule has 0 saturated carbocycles. The molecular formula is C7H12F2N2O. The molecular weight excluding hydrogens is 166 g/mol. The SMILES string of the molecule is C[C@@H](N)C(=O)N1CC[C@@H]1C(F)F. The van der Waals surface area contributed by atoms with Crippen molar-refractivity contribution in [2.24, 2.45) is 5.73 Å². The second kappa shape index (κ2) is 3.35. The van der Waals surface area contributed by atoms with Crippen molar-refractivity contribution in [1.82, 2.24) is 4.90 Å². The van der Waals surface area contributed by atoms with E-state index in [9.17, 15) is 13.6 Å². The predicted octanol–water partition coefficient (Wildman–Crippen LogP) is 0.200. The molecule has 1 amide bonds. The Morgan fingerprint density at radius 3 is 2.50 bits per heavy atom. The first-order chi connectivity index (χ1) is 5.54. The van der Waals surface area contributed by atoms with Gasteiger partial charge in [-0.2, -0.15) is 0 Å². The van der Waals surface area contributed by atoms with Crippen molar-refractivity contribution in [2.45, 2.75) is 31.9 Å². The van der Waals surface area contributed by atoms with Gasteiger partial charge in [0.25, 0.3) is 6.43 Å². The molecule has 5 heteroatoms. The molecule has 1 heterocycles. The zero-order valence-electron chi connectivity index (χ0n) is 6.84. The van der Waals surface area contributed by atoms with E-state index in [1.807, 2.05) is 0 Å². The molecule has 0 spiro atoms. The number of halogens is 2. The molecule has 0 aromatic carbocycles. The highest BCUT2D eigenvalue weighted by atomic mass is 19.3. The Labute approximate surface area is 69.5 Å². The van der Waals surface area contributed by atoms with Crippen LogP contribution in [0.1, 0.15) is 13.3 Å². The molecule has 70 valence electrons. The second-order valence-corrected chi connectivity index (χ2v) is 3.01. The lowest BCUT2D eigenvalue weighted by Crippen LogP contribution is -2.58. The van der Waals surface area contributed by atoms with Crippen LogP contribution in [0.2, 0.25) is 0 Å². The molecule has 3 nitrogen and oxygen atoms in total. The minimum absolute atomic E-state index is 0.383. The maximum atomic E-state index is 12.1. The first kappa shape index (κ1) is 9.38. The first-order valence-electron chi connectivity index (χ1n) is 3.88. The Hall–Kier alpha value is -0.710. The first-order valence-corrected chi connectivity index (χ1v) is 3.88. The van der Waals surface area contributed by atoms with Crippen molar-refractivity contribution in [3.63, 3.8) is 0 Å². The summed E-state index contributed by atoms with van der Waals surface area (Å²) in [6, 6.07) is -1.57. The third-order valence-electron chi connectivity index (χ3n) is 2.03. The van der Waals surface area contributed by atoms with Crippen LogP contribution < -0.4 is 5.73 Å². The van der Waals surface area contributed by atoms with Gasteiger partial charge in [0.2, 0.25) is 5.91 Å². The standard InChI is InChI=1S/C7H12F2N2O/c1-4(10)7(12)11-3-2-5(11)6(8)9/h4-6H,2-3,10H2,1H3/t4-,5-/m1/s1. The minimum Gasteiger partial charge on any atom is -0.332 e. The third kappa shape index (κ3) is 1.55. The topological polar surface area (TPSA) is 46.3 Å². The second-order valence-electron chi connectivity index (χ2n) is 3.01. The number of nitrogens with two attached hydrogens (primary N) is 1. The molecule has 1 fully saturated rings. The van der Waals surface area contributed by atoms with Gasteiger partial charge in [0.15, 0.2) is 0 Å². The number of alkyl halides is 2. The van der Waals surface area contributed by atoms with Crippen molar-refractivity contribution >= 4 is 5.91 Å². The molecule has 0 aliphatic carbocycles. The van der Waals surface area contributed by atoms with Gasteiger partial charge in [-0.25, -0.2) is 8.78 Å². The number of amides is 1. The summed E-state index contributed by atoms with van der Waals surface area (Å²) in [7, 11) is 0.